The molecule has 0 aromatic heterocycles. The number of anilines is 1. The summed E-state index contributed by atoms with van der Waals surface area (Å²) < 4.78 is 5.13. The van der Waals surface area contributed by atoms with E-state index in [0.29, 0.717) is 29.4 Å². The summed E-state index contributed by atoms with van der Waals surface area (Å²) in [4.78, 5) is 25.0. The van der Waals surface area contributed by atoms with Crippen LogP contribution in [0.3, 0.4) is 0 Å². The minimum absolute atomic E-state index is 0.333. The highest BCUT2D eigenvalue weighted by atomic mass is 35.5. The molecule has 5 nitrogen and oxygen atoms in total. The summed E-state index contributed by atoms with van der Waals surface area (Å²) in [5, 5.41) is 6.23. The fourth-order valence-electron chi connectivity index (χ4n) is 2.33. The van der Waals surface area contributed by atoms with Crippen molar-refractivity contribution in [2.75, 3.05) is 19.0 Å². The minimum Gasteiger partial charge on any atom is -0.497 e. The van der Waals surface area contributed by atoms with Crippen LogP contribution in [0.1, 0.15) is 19.4 Å². The lowest BCUT2D eigenvalue weighted by atomic mass is 9.91. The second-order valence-electron chi connectivity index (χ2n) is 6.45. The maximum Gasteiger partial charge on any atom is 0.239 e. The van der Waals surface area contributed by atoms with E-state index in [1.807, 2.05) is 18.2 Å². The number of benzene rings is 2. The highest BCUT2D eigenvalue weighted by Gasteiger charge is 2.35. The third-order valence-corrected chi connectivity index (χ3v) is 4.29. The van der Waals surface area contributed by atoms with Gasteiger partial charge in [0.25, 0.3) is 0 Å². The van der Waals surface area contributed by atoms with Crippen molar-refractivity contribution < 1.29 is 14.3 Å². The molecule has 138 valence electrons. The number of carbonyl (C=O) groups is 2. The van der Waals surface area contributed by atoms with Crippen LogP contribution < -0.4 is 15.4 Å². The van der Waals surface area contributed by atoms with E-state index in [-0.39, 0.29) is 11.8 Å². The smallest absolute Gasteiger partial charge is 0.239 e. The maximum absolute atomic E-state index is 12.5. The van der Waals surface area contributed by atoms with Gasteiger partial charge in [-0.05, 0) is 50.1 Å². The Morgan fingerprint density at radius 1 is 1.08 bits per heavy atom. The molecule has 0 aliphatic carbocycles. The van der Waals surface area contributed by atoms with E-state index in [4.69, 9.17) is 16.3 Å². The monoisotopic (exact) mass is 374 g/mol. The van der Waals surface area contributed by atoms with Gasteiger partial charge in [-0.3, -0.25) is 9.59 Å². The van der Waals surface area contributed by atoms with E-state index < -0.39 is 5.41 Å². The average molecular weight is 375 g/mol. The van der Waals surface area contributed by atoms with Crippen LogP contribution in [-0.4, -0.2) is 25.5 Å². The SMILES string of the molecule is COc1cccc(NC(=O)C(C)(C)C(=O)NCCc2cccc(Cl)c2)c1. The molecular weight excluding hydrogens is 352 g/mol. The average Bonchev–Trinajstić information content (AvgIpc) is 2.61. The Kier molecular flexibility index (Phi) is 6.64. The fourth-order valence-corrected chi connectivity index (χ4v) is 2.54. The molecule has 2 aromatic carbocycles. The molecule has 0 saturated heterocycles. The van der Waals surface area contributed by atoms with Crippen molar-refractivity contribution in [3.05, 3.63) is 59.1 Å². The van der Waals surface area contributed by atoms with Crippen LogP contribution in [0, 0.1) is 5.41 Å². The van der Waals surface area contributed by atoms with Gasteiger partial charge >= 0.3 is 0 Å². The van der Waals surface area contributed by atoms with Crippen LogP contribution in [0.2, 0.25) is 5.02 Å². The zero-order valence-electron chi connectivity index (χ0n) is 15.1. The number of carbonyl (C=O) groups excluding carboxylic acids is 2. The summed E-state index contributed by atoms with van der Waals surface area (Å²) in [7, 11) is 1.55. The van der Waals surface area contributed by atoms with Gasteiger partial charge in [-0.25, -0.2) is 0 Å². The predicted molar refractivity (Wildman–Crippen MR) is 104 cm³/mol. The zero-order chi connectivity index (χ0) is 19.2. The van der Waals surface area contributed by atoms with E-state index in [1.165, 1.54) is 0 Å². The lowest BCUT2D eigenvalue weighted by Gasteiger charge is -2.23. The molecule has 0 unspecified atom stereocenters. The fraction of sp³-hybridized carbons (Fsp3) is 0.300. The van der Waals surface area contributed by atoms with Gasteiger partial charge in [0.05, 0.1) is 7.11 Å². The number of ether oxygens (including phenoxy) is 1. The van der Waals surface area contributed by atoms with Gasteiger partial charge in [0.2, 0.25) is 11.8 Å². The van der Waals surface area contributed by atoms with E-state index in [0.717, 1.165) is 5.56 Å². The van der Waals surface area contributed by atoms with Gasteiger partial charge in [0.1, 0.15) is 11.2 Å². The lowest BCUT2D eigenvalue weighted by molar-refractivity contribution is -0.138. The normalized spacial score (nSPS) is 10.9. The van der Waals surface area contributed by atoms with Gasteiger partial charge in [0, 0.05) is 23.3 Å². The second kappa shape index (κ2) is 8.72. The van der Waals surface area contributed by atoms with Crippen molar-refractivity contribution in [3.63, 3.8) is 0 Å². The molecule has 6 heteroatoms. The predicted octanol–water partition coefficient (Wildman–Crippen LogP) is 3.67. The summed E-state index contributed by atoms with van der Waals surface area (Å²) >= 11 is 5.95. The summed E-state index contributed by atoms with van der Waals surface area (Å²) in [5.41, 5.74) is 0.391. The molecule has 0 saturated carbocycles. The van der Waals surface area contributed by atoms with Crippen LogP contribution >= 0.6 is 11.6 Å². The number of rotatable bonds is 7. The first-order valence-electron chi connectivity index (χ1n) is 8.31. The molecule has 0 atom stereocenters. The van der Waals surface area contributed by atoms with Crippen molar-refractivity contribution >= 4 is 29.1 Å². The Morgan fingerprint density at radius 3 is 2.50 bits per heavy atom. The number of methoxy groups -OCH3 is 1. The molecule has 0 aliphatic rings. The molecule has 2 amide bonds. The standard InChI is InChI=1S/C20H23ClN2O3/c1-20(2,19(25)23-16-8-5-9-17(13-16)26-3)18(24)22-11-10-14-6-4-7-15(21)12-14/h4-9,12-13H,10-11H2,1-3H3,(H,22,24)(H,23,25). The Balaban J connectivity index is 1.92. The van der Waals surface area contributed by atoms with Crippen LogP contribution in [0.5, 0.6) is 5.75 Å². The van der Waals surface area contributed by atoms with Crippen LogP contribution in [-0.2, 0) is 16.0 Å². The molecule has 0 fully saturated rings. The van der Waals surface area contributed by atoms with Gasteiger partial charge in [-0.1, -0.05) is 29.8 Å². The summed E-state index contributed by atoms with van der Waals surface area (Å²) in [6.45, 7) is 3.61. The zero-order valence-corrected chi connectivity index (χ0v) is 15.9. The van der Waals surface area contributed by atoms with Crippen molar-refractivity contribution in [3.8, 4) is 5.75 Å². The van der Waals surface area contributed by atoms with E-state index >= 15 is 0 Å². The summed E-state index contributed by atoms with van der Waals surface area (Å²) in [5.74, 6) is -0.0856. The quantitative estimate of drug-likeness (QED) is 0.726. The molecule has 0 spiro atoms. The Hall–Kier alpha value is -2.53. The Morgan fingerprint density at radius 2 is 1.81 bits per heavy atom. The van der Waals surface area contributed by atoms with Crippen molar-refractivity contribution in [2.45, 2.75) is 20.3 Å². The third kappa shape index (κ3) is 5.23. The first kappa shape index (κ1) is 19.8. The van der Waals surface area contributed by atoms with Crippen LogP contribution in [0.4, 0.5) is 5.69 Å². The van der Waals surface area contributed by atoms with Crippen LogP contribution in [0.25, 0.3) is 0 Å². The second-order valence-corrected chi connectivity index (χ2v) is 6.88. The largest absolute Gasteiger partial charge is 0.497 e. The molecule has 2 N–H and O–H groups in total. The molecule has 0 bridgehead atoms. The topological polar surface area (TPSA) is 67.4 Å². The molecular formula is C20H23ClN2O3. The number of hydrogen-bond donors (Lipinski definition) is 2. The number of amides is 2. The summed E-state index contributed by atoms with van der Waals surface area (Å²) in [6, 6.07) is 14.5. The molecule has 0 radical (unpaired) electrons. The molecule has 0 heterocycles. The first-order chi connectivity index (χ1) is 12.3. The van der Waals surface area contributed by atoms with Gasteiger partial charge in [-0.2, -0.15) is 0 Å². The van der Waals surface area contributed by atoms with E-state index in [9.17, 15) is 9.59 Å². The van der Waals surface area contributed by atoms with Gasteiger partial charge in [0.15, 0.2) is 0 Å². The number of hydrogen-bond acceptors (Lipinski definition) is 3. The van der Waals surface area contributed by atoms with E-state index in [2.05, 4.69) is 10.6 Å². The van der Waals surface area contributed by atoms with Crippen LogP contribution in [0.15, 0.2) is 48.5 Å². The maximum atomic E-state index is 12.5. The Bertz CT molecular complexity index is 790. The lowest BCUT2D eigenvalue weighted by Crippen LogP contribution is -2.45. The van der Waals surface area contributed by atoms with Crippen molar-refractivity contribution in [1.82, 2.24) is 5.32 Å². The highest BCUT2D eigenvalue weighted by Crippen LogP contribution is 2.22. The number of nitrogens with one attached hydrogen (secondary N) is 2. The number of halogens is 1. The summed E-state index contributed by atoms with van der Waals surface area (Å²) in [6.07, 6.45) is 0.639. The molecule has 2 rings (SSSR count). The van der Waals surface area contributed by atoms with Crippen molar-refractivity contribution in [1.29, 1.82) is 0 Å². The molecule has 0 aliphatic heterocycles. The van der Waals surface area contributed by atoms with E-state index in [1.54, 1.807) is 51.3 Å². The third-order valence-electron chi connectivity index (χ3n) is 4.05. The Labute approximate surface area is 158 Å². The molecule has 26 heavy (non-hydrogen) atoms. The molecule has 2 aromatic rings. The van der Waals surface area contributed by atoms with Gasteiger partial charge in [-0.15, -0.1) is 0 Å². The van der Waals surface area contributed by atoms with Crippen molar-refractivity contribution in [2.24, 2.45) is 5.41 Å². The van der Waals surface area contributed by atoms with Gasteiger partial charge < -0.3 is 15.4 Å². The first-order valence-corrected chi connectivity index (χ1v) is 8.69. The minimum atomic E-state index is -1.21. The highest BCUT2D eigenvalue weighted by molar-refractivity contribution is 6.30.